The Kier molecular flexibility index (Phi) is 11.6. The standard InChI is InChI=1S/C42H56F2N4O3/c1-10-14-34(51-25-42(18-19-42)24-47(8)9)46-40(48-20-13-17-41(7,50)23-48)35-27(6)38(44)37(39(31(35)12-3)45-26(4)5)32-22-29(49)21-28-15-16-33(43)30(11-2)36(28)32/h12,14-16,21-22,26,49-50H,10-11,13,17-20,23-25H2,1-9H3/b31-12-,34-14-,45-39?,46-40+. The van der Waals surface area contributed by atoms with Gasteiger partial charge in [0, 0.05) is 47.8 Å². The van der Waals surface area contributed by atoms with Crippen LogP contribution in [0.15, 0.2) is 74.8 Å². The number of aryl methyl sites for hydroxylation is 1. The fraction of sp³-hybridized carbons (Fsp3) is 0.524. The van der Waals surface area contributed by atoms with Crippen LogP contribution in [0.3, 0.4) is 0 Å². The summed E-state index contributed by atoms with van der Waals surface area (Å²) in [6.45, 7) is 15.6. The van der Waals surface area contributed by atoms with Crippen molar-refractivity contribution in [2.24, 2.45) is 15.4 Å². The first-order valence-corrected chi connectivity index (χ1v) is 18.5. The summed E-state index contributed by atoms with van der Waals surface area (Å²) < 4.78 is 39.4. The number of ether oxygens (including phenoxy) is 1. The Bertz CT molecular complexity index is 1840. The number of phenols is 1. The van der Waals surface area contributed by atoms with Crippen molar-refractivity contribution in [2.75, 3.05) is 40.3 Å². The van der Waals surface area contributed by atoms with Crippen LogP contribution in [0.5, 0.6) is 5.75 Å². The molecule has 1 unspecified atom stereocenters. The molecule has 1 saturated heterocycles. The number of aromatic hydroxyl groups is 1. The maximum atomic E-state index is 17.5. The zero-order valence-corrected chi connectivity index (χ0v) is 32.0. The third-order valence-corrected chi connectivity index (χ3v) is 10.1. The molecule has 0 bridgehead atoms. The van der Waals surface area contributed by atoms with Crippen molar-refractivity contribution in [2.45, 2.75) is 98.6 Å². The molecule has 2 aromatic carbocycles. The number of nitrogens with zero attached hydrogens (tertiary/aromatic N) is 4. The maximum absolute atomic E-state index is 17.5. The molecule has 0 spiro atoms. The second-order valence-electron chi connectivity index (χ2n) is 15.4. The molecule has 2 aromatic rings. The van der Waals surface area contributed by atoms with E-state index in [2.05, 4.69) is 19.0 Å². The Morgan fingerprint density at radius 2 is 1.86 bits per heavy atom. The van der Waals surface area contributed by atoms with Crippen LogP contribution in [-0.4, -0.2) is 83.5 Å². The number of fused-ring (bicyclic) bond motifs is 1. The number of halogens is 2. The third kappa shape index (κ3) is 8.30. The highest BCUT2D eigenvalue weighted by atomic mass is 19.1. The Morgan fingerprint density at radius 1 is 1.14 bits per heavy atom. The number of likely N-dealkylation sites (tertiary alicyclic amines) is 1. The summed E-state index contributed by atoms with van der Waals surface area (Å²) in [6, 6.07) is 5.90. The van der Waals surface area contributed by atoms with Gasteiger partial charge in [0.1, 0.15) is 23.2 Å². The first-order valence-electron chi connectivity index (χ1n) is 18.5. The van der Waals surface area contributed by atoms with Crippen molar-refractivity contribution < 1.29 is 23.7 Å². The molecule has 51 heavy (non-hydrogen) atoms. The molecule has 2 fully saturated rings. The largest absolute Gasteiger partial charge is 0.508 e. The van der Waals surface area contributed by atoms with E-state index in [0.29, 0.717) is 95.0 Å². The van der Waals surface area contributed by atoms with Crippen LogP contribution < -0.4 is 0 Å². The SMILES string of the molecule is C/C=C1\C(=NC(C)C)C(c2cc(O)cc3ccc(F)c(CC)c23)=C(F)C(C)=C1/C(=N\C(=C\CC)OCC1(CN(C)C)CC1)N1CCCC(C)(O)C1. The first kappa shape index (κ1) is 38.4. The molecule has 276 valence electrons. The van der Waals surface area contributed by atoms with Gasteiger partial charge in [0.05, 0.1) is 17.9 Å². The van der Waals surface area contributed by atoms with Gasteiger partial charge in [0.2, 0.25) is 5.88 Å². The number of piperidine rings is 1. The summed E-state index contributed by atoms with van der Waals surface area (Å²) in [5.74, 6) is 0.0459. The van der Waals surface area contributed by atoms with Crippen molar-refractivity contribution in [3.63, 3.8) is 0 Å². The van der Waals surface area contributed by atoms with Crippen molar-refractivity contribution in [1.82, 2.24) is 9.80 Å². The molecule has 1 atom stereocenters. The van der Waals surface area contributed by atoms with Gasteiger partial charge in [-0.3, -0.25) is 4.99 Å². The van der Waals surface area contributed by atoms with Gasteiger partial charge in [-0.2, -0.15) is 4.99 Å². The Labute approximate surface area is 302 Å². The van der Waals surface area contributed by atoms with Gasteiger partial charge in [0.15, 0.2) is 0 Å². The van der Waals surface area contributed by atoms with E-state index < -0.39 is 11.4 Å². The molecule has 7 nitrogen and oxygen atoms in total. The smallest absolute Gasteiger partial charge is 0.211 e. The molecule has 2 N–H and O–H groups in total. The third-order valence-electron chi connectivity index (χ3n) is 10.1. The molecule has 1 heterocycles. The van der Waals surface area contributed by atoms with Crippen molar-refractivity contribution in [3.05, 3.63) is 81.8 Å². The molecule has 3 aliphatic rings. The first-order chi connectivity index (χ1) is 24.1. The molecule has 1 saturated carbocycles. The Morgan fingerprint density at radius 3 is 2.45 bits per heavy atom. The van der Waals surface area contributed by atoms with E-state index in [0.717, 1.165) is 25.8 Å². The monoisotopic (exact) mass is 702 g/mol. The average molecular weight is 703 g/mol. The molecule has 0 radical (unpaired) electrons. The topological polar surface area (TPSA) is 80.9 Å². The summed E-state index contributed by atoms with van der Waals surface area (Å²) >= 11 is 0. The highest BCUT2D eigenvalue weighted by molar-refractivity contribution is 6.39. The number of β-amino-alcohol motifs (C(OH)–C–C–N with tert-alkyl or cyclic N) is 1. The van der Waals surface area contributed by atoms with Crippen LogP contribution in [0, 0.1) is 11.2 Å². The van der Waals surface area contributed by atoms with Gasteiger partial charge in [-0.1, -0.05) is 26.0 Å². The van der Waals surface area contributed by atoms with Crippen LogP contribution in [0.2, 0.25) is 0 Å². The second kappa shape index (κ2) is 15.4. The number of allylic oxidation sites excluding steroid dienone is 5. The van der Waals surface area contributed by atoms with Crippen molar-refractivity contribution in [3.8, 4) is 5.75 Å². The predicted octanol–water partition coefficient (Wildman–Crippen LogP) is 8.91. The number of phenolic OH excluding ortho intramolecular Hbond substituents is 1. The molecular formula is C42H56F2N4O3. The highest BCUT2D eigenvalue weighted by Crippen LogP contribution is 2.47. The average Bonchev–Trinajstić information content (AvgIpc) is 3.82. The lowest BCUT2D eigenvalue weighted by Gasteiger charge is -2.40. The molecule has 5 rings (SSSR count). The van der Waals surface area contributed by atoms with Crippen LogP contribution in [-0.2, 0) is 11.2 Å². The number of rotatable bonds is 11. The van der Waals surface area contributed by atoms with E-state index in [-0.39, 0.29) is 28.6 Å². The van der Waals surface area contributed by atoms with E-state index >= 15 is 8.78 Å². The lowest BCUT2D eigenvalue weighted by Crippen LogP contribution is -2.49. The zero-order valence-electron chi connectivity index (χ0n) is 32.0. The lowest BCUT2D eigenvalue weighted by atomic mass is 9.79. The van der Waals surface area contributed by atoms with Gasteiger partial charge in [-0.05, 0) is 139 Å². The van der Waals surface area contributed by atoms with Crippen LogP contribution in [0.25, 0.3) is 16.3 Å². The van der Waals surface area contributed by atoms with Gasteiger partial charge in [0.25, 0.3) is 0 Å². The number of hydrogen-bond donors (Lipinski definition) is 2. The summed E-state index contributed by atoms with van der Waals surface area (Å²) in [4.78, 5) is 14.5. The van der Waals surface area contributed by atoms with Crippen molar-refractivity contribution in [1.29, 1.82) is 0 Å². The molecule has 9 heteroatoms. The fourth-order valence-corrected chi connectivity index (χ4v) is 7.63. The Balaban J connectivity index is 1.78. The number of hydrogen-bond acceptors (Lipinski definition) is 6. The highest BCUT2D eigenvalue weighted by Gasteiger charge is 2.44. The van der Waals surface area contributed by atoms with E-state index in [9.17, 15) is 10.2 Å². The minimum atomic E-state index is -0.965. The van der Waals surface area contributed by atoms with Crippen LogP contribution in [0.1, 0.15) is 91.7 Å². The fourth-order valence-electron chi connectivity index (χ4n) is 7.63. The number of aliphatic imine (C=N–C) groups is 2. The molecule has 1 aliphatic heterocycles. The van der Waals surface area contributed by atoms with Gasteiger partial charge < -0.3 is 24.7 Å². The van der Waals surface area contributed by atoms with Gasteiger partial charge >= 0.3 is 0 Å². The lowest BCUT2D eigenvalue weighted by molar-refractivity contribution is 0.00563. The zero-order chi connectivity index (χ0) is 37.2. The van der Waals surface area contributed by atoms with Gasteiger partial charge in [-0.15, -0.1) is 0 Å². The molecular weight excluding hydrogens is 646 g/mol. The van der Waals surface area contributed by atoms with E-state index in [1.165, 1.54) is 12.1 Å². The minimum absolute atomic E-state index is 0.0446. The number of benzene rings is 2. The summed E-state index contributed by atoms with van der Waals surface area (Å²) in [5.41, 5.74) is 2.17. The van der Waals surface area contributed by atoms with Gasteiger partial charge in [-0.25, -0.2) is 8.78 Å². The van der Waals surface area contributed by atoms with E-state index in [1.54, 1.807) is 19.1 Å². The number of amidine groups is 1. The van der Waals surface area contributed by atoms with Crippen molar-refractivity contribution >= 4 is 27.9 Å². The summed E-state index contributed by atoms with van der Waals surface area (Å²) in [7, 11) is 4.15. The normalized spacial score (nSPS) is 23.1. The molecule has 0 amide bonds. The molecule has 0 aromatic heterocycles. The summed E-state index contributed by atoms with van der Waals surface area (Å²) in [6.07, 6.45) is 8.52. The van der Waals surface area contributed by atoms with Crippen LogP contribution in [0.4, 0.5) is 8.78 Å². The summed E-state index contributed by atoms with van der Waals surface area (Å²) in [5, 5.41) is 23.4. The minimum Gasteiger partial charge on any atom is -0.508 e. The predicted molar refractivity (Wildman–Crippen MR) is 205 cm³/mol. The second-order valence-corrected chi connectivity index (χ2v) is 15.4. The molecule has 2 aliphatic carbocycles. The Hall–Kier alpha value is -3.82. The van der Waals surface area contributed by atoms with E-state index in [1.807, 2.05) is 58.6 Å². The number of aliphatic hydroxyl groups is 1. The maximum Gasteiger partial charge on any atom is 0.211 e. The van der Waals surface area contributed by atoms with Crippen LogP contribution >= 0.6 is 0 Å². The quantitative estimate of drug-likeness (QED) is 0.139. The van der Waals surface area contributed by atoms with E-state index in [4.69, 9.17) is 14.7 Å².